The van der Waals surface area contributed by atoms with Gasteiger partial charge in [0.05, 0.1) is 0 Å². The first-order chi connectivity index (χ1) is 5.24. The molecule has 0 heterocycles. The second kappa shape index (κ2) is 4.26. The predicted octanol–water partition coefficient (Wildman–Crippen LogP) is 4.12. The summed E-state index contributed by atoms with van der Waals surface area (Å²) in [6.45, 7) is 2.09. The Labute approximate surface area is 89.0 Å². The zero-order valence-corrected chi connectivity index (χ0v) is 9.89. The van der Waals surface area contributed by atoms with Crippen molar-refractivity contribution in [1.82, 2.24) is 0 Å². The van der Waals surface area contributed by atoms with Gasteiger partial charge in [0.1, 0.15) is 0 Å². The zero-order valence-electron chi connectivity index (χ0n) is 6.14. The molecule has 0 aliphatic heterocycles. The quantitative estimate of drug-likeness (QED) is 0.682. The second-order valence-corrected chi connectivity index (χ2v) is 3.94. The van der Waals surface area contributed by atoms with Crippen molar-refractivity contribution in [3.8, 4) is 0 Å². The van der Waals surface area contributed by atoms with Crippen LogP contribution in [0.4, 0.5) is 0 Å². The zero-order chi connectivity index (χ0) is 8.27. The molecule has 1 rings (SSSR count). The molecule has 0 spiro atoms. The average molecular weight is 323 g/mol. The van der Waals surface area contributed by atoms with Crippen LogP contribution in [0.2, 0.25) is 0 Å². The Morgan fingerprint density at radius 1 is 1.36 bits per heavy atom. The molecule has 1 aromatic rings. The van der Waals surface area contributed by atoms with Gasteiger partial charge in [0, 0.05) is 3.58 Å². The van der Waals surface area contributed by atoms with Gasteiger partial charge >= 0.3 is 0 Å². The smallest absolute Gasteiger partial charge is 0.0271 e. The molecular formula is C9H8BrI. The molecule has 0 aromatic heterocycles. The topological polar surface area (TPSA) is 0 Å². The van der Waals surface area contributed by atoms with Gasteiger partial charge in [-0.2, -0.15) is 0 Å². The van der Waals surface area contributed by atoms with Crippen molar-refractivity contribution in [2.75, 3.05) is 0 Å². The van der Waals surface area contributed by atoms with Gasteiger partial charge in [-0.05, 0) is 40.1 Å². The van der Waals surface area contributed by atoms with Crippen LogP contribution in [-0.4, -0.2) is 0 Å². The highest BCUT2D eigenvalue weighted by atomic mass is 127. The van der Waals surface area contributed by atoms with Crippen molar-refractivity contribution in [3.05, 3.63) is 40.4 Å². The Balaban J connectivity index is 2.99. The fourth-order valence-electron chi connectivity index (χ4n) is 0.776. The van der Waals surface area contributed by atoms with Crippen LogP contribution >= 0.6 is 38.5 Å². The third kappa shape index (κ3) is 2.60. The lowest BCUT2D eigenvalue weighted by Crippen LogP contribution is -1.75. The van der Waals surface area contributed by atoms with E-state index in [9.17, 15) is 0 Å². The molecule has 0 aliphatic carbocycles. The van der Waals surface area contributed by atoms with E-state index in [1.54, 1.807) is 0 Å². The van der Waals surface area contributed by atoms with Crippen molar-refractivity contribution in [3.63, 3.8) is 0 Å². The molecule has 58 valence electrons. The lowest BCUT2D eigenvalue weighted by Gasteiger charge is -1.97. The molecule has 0 fully saturated rings. The van der Waals surface area contributed by atoms with Crippen LogP contribution in [0.5, 0.6) is 0 Å². The van der Waals surface area contributed by atoms with E-state index in [0.717, 1.165) is 0 Å². The fourth-order valence-corrected chi connectivity index (χ4v) is 1.40. The van der Waals surface area contributed by atoms with Crippen LogP contribution in [0.15, 0.2) is 29.3 Å². The van der Waals surface area contributed by atoms with E-state index in [-0.39, 0.29) is 0 Å². The lowest BCUT2D eigenvalue weighted by molar-refractivity contribution is 1.46. The normalized spacial score (nSPS) is 11.7. The summed E-state index contributed by atoms with van der Waals surface area (Å²) < 4.78 is 1.22. The molecule has 0 N–H and O–H groups in total. The maximum Gasteiger partial charge on any atom is 0.0271 e. The van der Waals surface area contributed by atoms with E-state index < -0.39 is 0 Å². The Morgan fingerprint density at radius 2 is 1.91 bits per heavy atom. The summed E-state index contributed by atoms with van der Waals surface area (Å²) in [4.78, 5) is 1.93. The molecule has 0 saturated heterocycles. The third-order valence-corrected chi connectivity index (χ3v) is 3.67. The largest absolute Gasteiger partial charge is 0.0587 e. The van der Waals surface area contributed by atoms with Crippen LogP contribution in [0.1, 0.15) is 11.1 Å². The van der Waals surface area contributed by atoms with Gasteiger partial charge < -0.3 is 0 Å². The maximum absolute atomic E-state index is 3.30. The minimum atomic E-state index is 1.22. The predicted molar refractivity (Wildman–Crippen MR) is 62.1 cm³/mol. The van der Waals surface area contributed by atoms with Crippen molar-refractivity contribution in [1.29, 1.82) is 0 Å². The highest BCUT2D eigenvalue weighted by Gasteiger charge is 1.93. The average Bonchev–Trinajstić information content (AvgIpc) is 2.05. The molecule has 0 atom stereocenters. The molecule has 0 unspecified atom stereocenters. The lowest BCUT2D eigenvalue weighted by atomic mass is 10.1. The molecule has 0 saturated carbocycles. The van der Waals surface area contributed by atoms with E-state index in [0.29, 0.717) is 0 Å². The van der Waals surface area contributed by atoms with Gasteiger partial charge in [-0.25, -0.2) is 0 Å². The molecule has 2 heteroatoms. The molecule has 0 aliphatic rings. The Hall–Kier alpha value is 0.170. The first kappa shape index (κ1) is 9.26. The number of rotatable bonds is 1. The van der Waals surface area contributed by atoms with Crippen molar-refractivity contribution < 1.29 is 0 Å². The summed E-state index contributed by atoms with van der Waals surface area (Å²) in [6.07, 6.45) is 0. The highest BCUT2D eigenvalue weighted by molar-refractivity contribution is 14.1. The van der Waals surface area contributed by atoms with Gasteiger partial charge in [0.15, 0.2) is 0 Å². The summed E-state index contributed by atoms with van der Waals surface area (Å²) in [5.74, 6) is 0. The second-order valence-electron chi connectivity index (χ2n) is 2.32. The van der Waals surface area contributed by atoms with Gasteiger partial charge in [-0.3, -0.25) is 0 Å². The van der Waals surface area contributed by atoms with Crippen LogP contribution in [0, 0.1) is 6.92 Å². The number of halogens is 2. The fraction of sp³-hybridized carbons (Fsp3) is 0.111. The summed E-state index contributed by atoms with van der Waals surface area (Å²) >= 11 is 5.60. The van der Waals surface area contributed by atoms with Crippen molar-refractivity contribution in [2.45, 2.75) is 6.92 Å². The van der Waals surface area contributed by atoms with Crippen molar-refractivity contribution in [2.24, 2.45) is 0 Å². The first-order valence-electron chi connectivity index (χ1n) is 3.27. The summed E-state index contributed by atoms with van der Waals surface area (Å²) in [5.41, 5.74) is 2.56. The minimum Gasteiger partial charge on any atom is -0.0587 e. The van der Waals surface area contributed by atoms with Gasteiger partial charge in [0.2, 0.25) is 0 Å². The summed E-state index contributed by atoms with van der Waals surface area (Å²) in [7, 11) is 0. The molecule has 0 nitrogen and oxygen atoms in total. The molecule has 0 amide bonds. The van der Waals surface area contributed by atoms with E-state index in [1.807, 2.05) is 4.99 Å². The summed E-state index contributed by atoms with van der Waals surface area (Å²) in [6, 6.07) is 8.47. The molecule has 11 heavy (non-hydrogen) atoms. The Morgan fingerprint density at radius 3 is 2.36 bits per heavy atom. The Kier molecular flexibility index (Phi) is 3.59. The number of hydrogen-bond donors (Lipinski definition) is 0. The monoisotopic (exact) mass is 322 g/mol. The van der Waals surface area contributed by atoms with Crippen LogP contribution in [0.3, 0.4) is 0 Å². The van der Waals surface area contributed by atoms with E-state index in [4.69, 9.17) is 0 Å². The number of aryl methyl sites for hydroxylation is 1. The summed E-state index contributed by atoms with van der Waals surface area (Å²) in [5, 5.41) is 0. The molecule has 0 bridgehead atoms. The highest BCUT2D eigenvalue weighted by Crippen LogP contribution is 2.22. The molecule has 1 aromatic carbocycles. The maximum atomic E-state index is 3.30. The van der Waals surface area contributed by atoms with Crippen LogP contribution < -0.4 is 0 Å². The van der Waals surface area contributed by atoms with E-state index >= 15 is 0 Å². The number of hydrogen-bond acceptors (Lipinski definition) is 0. The first-order valence-corrected chi connectivity index (χ1v) is 5.26. The third-order valence-electron chi connectivity index (χ3n) is 1.42. The number of benzene rings is 1. The van der Waals surface area contributed by atoms with Gasteiger partial charge in [-0.15, -0.1) is 0 Å². The van der Waals surface area contributed by atoms with Gasteiger partial charge in [0.25, 0.3) is 0 Å². The standard InChI is InChI=1S/C9H8BrI/c1-7-2-4-8(5-3-7)9(11)6-10/h2-6H,1H3/b9-6-. The van der Waals surface area contributed by atoms with Crippen LogP contribution in [0.25, 0.3) is 3.58 Å². The van der Waals surface area contributed by atoms with Crippen molar-refractivity contribution >= 4 is 42.1 Å². The molecular weight excluding hydrogens is 315 g/mol. The van der Waals surface area contributed by atoms with Crippen LogP contribution in [-0.2, 0) is 0 Å². The Bertz CT molecular complexity index is 261. The SMILES string of the molecule is Cc1ccc(/C(I)=C/Br)cc1. The minimum absolute atomic E-state index is 1.22. The molecule has 0 radical (unpaired) electrons. The van der Waals surface area contributed by atoms with Gasteiger partial charge in [-0.1, -0.05) is 45.8 Å². The van der Waals surface area contributed by atoms with E-state index in [1.165, 1.54) is 14.7 Å². The van der Waals surface area contributed by atoms with E-state index in [2.05, 4.69) is 69.7 Å².